The highest BCUT2D eigenvalue weighted by Gasteiger charge is 2.06. The molecule has 0 unspecified atom stereocenters. The molecule has 0 aliphatic rings. The van der Waals surface area contributed by atoms with Gasteiger partial charge >= 0.3 is 11.9 Å². The molecule has 0 aromatic heterocycles. The Morgan fingerprint density at radius 1 is 1.00 bits per heavy atom. The molecule has 19 heavy (non-hydrogen) atoms. The molecule has 0 amide bonds. The summed E-state index contributed by atoms with van der Waals surface area (Å²) in [6.45, 7) is 4.14. The summed E-state index contributed by atoms with van der Waals surface area (Å²) in [6, 6.07) is 7.32. The number of carbonyl (C=O) groups excluding carboxylic acids is 2. The summed E-state index contributed by atoms with van der Waals surface area (Å²) >= 11 is 0. The molecule has 1 rings (SSSR count). The molecule has 0 saturated heterocycles. The summed E-state index contributed by atoms with van der Waals surface area (Å²) in [4.78, 5) is 22.6. The molecule has 0 radical (unpaired) electrons. The van der Waals surface area contributed by atoms with Crippen LogP contribution in [0, 0.1) is 6.92 Å². The second-order valence-corrected chi connectivity index (χ2v) is 4.30. The largest absolute Gasteiger partial charge is 0.466 e. The minimum Gasteiger partial charge on any atom is -0.466 e. The first kappa shape index (κ1) is 15.2. The van der Waals surface area contributed by atoms with E-state index in [4.69, 9.17) is 9.47 Å². The van der Waals surface area contributed by atoms with Crippen LogP contribution in [0.15, 0.2) is 24.3 Å². The zero-order chi connectivity index (χ0) is 14.1. The fourth-order valence-corrected chi connectivity index (χ4v) is 1.56. The van der Waals surface area contributed by atoms with Gasteiger partial charge in [0.05, 0.1) is 6.61 Å². The van der Waals surface area contributed by atoms with Crippen molar-refractivity contribution in [1.82, 2.24) is 0 Å². The SMILES string of the molecule is CCOC(=O)CCCCC(=O)Oc1ccc(C)cc1. The molecule has 4 heteroatoms. The number of benzene rings is 1. The number of rotatable bonds is 7. The molecule has 0 aliphatic carbocycles. The molecule has 0 heterocycles. The lowest BCUT2D eigenvalue weighted by Crippen LogP contribution is -2.08. The Kier molecular flexibility index (Phi) is 6.64. The fraction of sp³-hybridized carbons (Fsp3) is 0.467. The van der Waals surface area contributed by atoms with Crippen LogP contribution in [0.3, 0.4) is 0 Å². The third kappa shape index (κ3) is 6.60. The van der Waals surface area contributed by atoms with Gasteiger partial charge in [-0.1, -0.05) is 17.7 Å². The molecule has 4 nitrogen and oxygen atoms in total. The first-order valence-electron chi connectivity index (χ1n) is 6.54. The van der Waals surface area contributed by atoms with Gasteiger partial charge in [0, 0.05) is 12.8 Å². The third-order valence-corrected chi connectivity index (χ3v) is 2.57. The quantitative estimate of drug-likeness (QED) is 0.431. The van der Waals surface area contributed by atoms with E-state index < -0.39 is 0 Å². The lowest BCUT2D eigenvalue weighted by atomic mass is 10.2. The molecule has 0 atom stereocenters. The van der Waals surface area contributed by atoms with E-state index in [0.717, 1.165) is 5.56 Å². The van der Waals surface area contributed by atoms with Gasteiger partial charge in [-0.05, 0) is 38.8 Å². The van der Waals surface area contributed by atoms with Crippen LogP contribution in [0.25, 0.3) is 0 Å². The topological polar surface area (TPSA) is 52.6 Å². The van der Waals surface area contributed by atoms with Crippen molar-refractivity contribution in [3.63, 3.8) is 0 Å². The first-order valence-corrected chi connectivity index (χ1v) is 6.54. The number of esters is 2. The van der Waals surface area contributed by atoms with Crippen LogP contribution < -0.4 is 4.74 Å². The monoisotopic (exact) mass is 264 g/mol. The van der Waals surface area contributed by atoms with Crippen LogP contribution in [0.5, 0.6) is 5.75 Å². The molecule has 0 bridgehead atoms. The summed E-state index contributed by atoms with van der Waals surface area (Å²) in [5.74, 6) is 0.0723. The molecule has 1 aromatic carbocycles. The van der Waals surface area contributed by atoms with Gasteiger partial charge < -0.3 is 9.47 Å². The van der Waals surface area contributed by atoms with E-state index in [1.807, 2.05) is 19.1 Å². The van der Waals surface area contributed by atoms with E-state index in [-0.39, 0.29) is 11.9 Å². The van der Waals surface area contributed by atoms with Crippen molar-refractivity contribution in [3.8, 4) is 5.75 Å². The maximum Gasteiger partial charge on any atom is 0.311 e. The molecular weight excluding hydrogens is 244 g/mol. The van der Waals surface area contributed by atoms with Gasteiger partial charge in [-0.15, -0.1) is 0 Å². The van der Waals surface area contributed by atoms with Crippen LogP contribution in [0.4, 0.5) is 0 Å². The Balaban J connectivity index is 2.18. The predicted octanol–water partition coefficient (Wildman–Crippen LogP) is 3.02. The minimum absolute atomic E-state index is 0.214. The van der Waals surface area contributed by atoms with Gasteiger partial charge in [0.2, 0.25) is 0 Å². The van der Waals surface area contributed by atoms with Crippen LogP contribution >= 0.6 is 0 Å². The van der Waals surface area contributed by atoms with Crippen LogP contribution in [0.1, 0.15) is 38.2 Å². The summed E-state index contributed by atoms with van der Waals surface area (Å²) in [5.41, 5.74) is 1.12. The molecule has 0 saturated carbocycles. The van der Waals surface area contributed by atoms with E-state index >= 15 is 0 Å². The van der Waals surface area contributed by atoms with Gasteiger partial charge in [-0.2, -0.15) is 0 Å². The molecule has 0 fully saturated rings. The number of carbonyl (C=O) groups is 2. The van der Waals surface area contributed by atoms with Gasteiger partial charge in [-0.25, -0.2) is 0 Å². The zero-order valence-corrected chi connectivity index (χ0v) is 11.5. The van der Waals surface area contributed by atoms with Crippen molar-refractivity contribution in [1.29, 1.82) is 0 Å². The van der Waals surface area contributed by atoms with E-state index in [0.29, 0.717) is 38.0 Å². The van der Waals surface area contributed by atoms with Crippen molar-refractivity contribution >= 4 is 11.9 Å². The standard InChI is InChI=1S/C15H20O4/c1-3-18-14(16)6-4-5-7-15(17)19-13-10-8-12(2)9-11-13/h8-11H,3-7H2,1-2H3. The third-order valence-electron chi connectivity index (χ3n) is 2.57. The Morgan fingerprint density at radius 2 is 1.58 bits per heavy atom. The normalized spacial score (nSPS) is 10.0. The second-order valence-electron chi connectivity index (χ2n) is 4.30. The predicted molar refractivity (Wildman–Crippen MR) is 71.9 cm³/mol. The number of hydrogen-bond acceptors (Lipinski definition) is 4. The second kappa shape index (κ2) is 8.29. The maximum absolute atomic E-state index is 11.5. The van der Waals surface area contributed by atoms with E-state index in [2.05, 4.69) is 0 Å². The zero-order valence-electron chi connectivity index (χ0n) is 11.5. The highest BCUT2D eigenvalue weighted by atomic mass is 16.5. The molecule has 0 N–H and O–H groups in total. The highest BCUT2D eigenvalue weighted by molar-refractivity contribution is 5.72. The van der Waals surface area contributed by atoms with E-state index in [9.17, 15) is 9.59 Å². The molecule has 0 spiro atoms. The summed E-state index contributed by atoms with van der Waals surface area (Å²) < 4.78 is 9.97. The number of ether oxygens (including phenoxy) is 2. The van der Waals surface area contributed by atoms with Crippen molar-refractivity contribution in [3.05, 3.63) is 29.8 Å². The van der Waals surface area contributed by atoms with Crippen molar-refractivity contribution < 1.29 is 19.1 Å². The number of aryl methyl sites for hydroxylation is 1. The van der Waals surface area contributed by atoms with Crippen LogP contribution in [-0.4, -0.2) is 18.5 Å². The average molecular weight is 264 g/mol. The first-order chi connectivity index (χ1) is 9.11. The van der Waals surface area contributed by atoms with Gasteiger partial charge in [0.15, 0.2) is 0 Å². The van der Waals surface area contributed by atoms with E-state index in [1.165, 1.54) is 0 Å². The Morgan fingerprint density at radius 3 is 2.16 bits per heavy atom. The summed E-state index contributed by atoms with van der Waals surface area (Å²) in [7, 11) is 0. The Hall–Kier alpha value is -1.84. The average Bonchev–Trinajstić information content (AvgIpc) is 2.38. The molecular formula is C15H20O4. The number of unbranched alkanes of at least 4 members (excludes halogenated alkanes) is 1. The fourth-order valence-electron chi connectivity index (χ4n) is 1.56. The lowest BCUT2D eigenvalue weighted by molar-refractivity contribution is -0.143. The highest BCUT2D eigenvalue weighted by Crippen LogP contribution is 2.13. The molecule has 1 aromatic rings. The lowest BCUT2D eigenvalue weighted by Gasteiger charge is -2.04. The van der Waals surface area contributed by atoms with E-state index in [1.54, 1.807) is 19.1 Å². The van der Waals surface area contributed by atoms with Crippen LogP contribution in [-0.2, 0) is 14.3 Å². The summed E-state index contributed by atoms with van der Waals surface area (Å²) in [6.07, 6.45) is 1.93. The van der Waals surface area contributed by atoms with Gasteiger partial charge in [0.25, 0.3) is 0 Å². The Bertz CT molecular complexity index is 409. The molecule has 104 valence electrons. The minimum atomic E-state index is -0.271. The van der Waals surface area contributed by atoms with Crippen molar-refractivity contribution in [2.75, 3.05) is 6.61 Å². The smallest absolute Gasteiger partial charge is 0.311 e. The summed E-state index contributed by atoms with van der Waals surface area (Å²) in [5, 5.41) is 0. The number of hydrogen-bond donors (Lipinski definition) is 0. The van der Waals surface area contributed by atoms with Gasteiger partial charge in [0.1, 0.15) is 5.75 Å². The maximum atomic E-state index is 11.5. The van der Waals surface area contributed by atoms with Crippen molar-refractivity contribution in [2.24, 2.45) is 0 Å². The van der Waals surface area contributed by atoms with Gasteiger partial charge in [-0.3, -0.25) is 9.59 Å². The van der Waals surface area contributed by atoms with Crippen molar-refractivity contribution in [2.45, 2.75) is 39.5 Å². The van der Waals surface area contributed by atoms with Crippen LogP contribution in [0.2, 0.25) is 0 Å². The Labute approximate surface area is 113 Å². The molecule has 0 aliphatic heterocycles.